The van der Waals surface area contributed by atoms with Crippen molar-refractivity contribution in [2.75, 3.05) is 13.7 Å². The summed E-state index contributed by atoms with van der Waals surface area (Å²) < 4.78 is 92.0. The van der Waals surface area contributed by atoms with Gasteiger partial charge in [-0.25, -0.2) is 4.79 Å². The van der Waals surface area contributed by atoms with Crippen LogP contribution in [0, 0.1) is 0 Å². The van der Waals surface area contributed by atoms with Crippen LogP contribution in [0.4, 0.5) is 26.3 Å². The summed E-state index contributed by atoms with van der Waals surface area (Å²) in [5.41, 5.74) is -4.51. The predicted molar refractivity (Wildman–Crippen MR) is 99.2 cm³/mol. The molecule has 0 saturated heterocycles. The molecule has 0 N–H and O–H groups in total. The maximum Gasteiger partial charge on any atom is 0.418 e. The first kappa shape index (κ1) is 23.7. The number of esters is 1. The van der Waals surface area contributed by atoms with Crippen molar-refractivity contribution in [2.45, 2.75) is 29.1 Å². The fourth-order valence-electron chi connectivity index (χ4n) is 2.58. The highest BCUT2D eigenvalue weighted by atomic mass is 32.2. The van der Waals surface area contributed by atoms with Crippen LogP contribution in [-0.2, 0) is 21.9 Å². The van der Waals surface area contributed by atoms with Crippen LogP contribution in [-0.4, -0.2) is 19.7 Å². The highest BCUT2D eigenvalue weighted by Gasteiger charge is 2.46. The van der Waals surface area contributed by atoms with Gasteiger partial charge < -0.3 is 9.47 Å². The smallest absolute Gasteiger partial charge is 0.418 e. The Morgan fingerprint density at radius 1 is 0.967 bits per heavy atom. The van der Waals surface area contributed by atoms with Gasteiger partial charge in [0.05, 0.1) is 29.7 Å². The lowest BCUT2D eigenvalue weighted by Gasteiger charge is -2.21. The average Bonchev–Trinajstić information content (AvgIpc) is 2.65. The van der Waals surface area contributed by atoms with Gasteiger partial charge in [-0.1, -0.05) is 30.0 Å². The molecule has 0 fully saturated rings. The largest absolute Gasteiger partial charge is 0.496 e. The monoisotopic (exact) mass is 450 g/mol. The molecule has 0 aromatic heterocycles. The quantitative estimate of drug-likeness (QED) is 0.288. The molecule has 0 aliphatic carbocycles. The molecule has 2 aromatic rings. The van der Waals surface area contributed by atoms with E-state index in [2.05, 4.69) is 4.74 Å². The molecule has 2 rings (SSSR count). The molecule has 0 bridgehead atoms. The Morgan fingerprint density at radius 3 is 2.17 bits per heavy atom. The highest BCUT2D eigenvalue weighted by Crippen LogP contribution is 2.49. The number of methoxy groups -OCH3 is 1. The van der Waals surface area contributed by atoms with Gasteiger partial charge in [-0.3, -0.25) is 0 Å². The zero-order valence-corrected chi connectivity index (χ0v) is 16.5. The summed E-state index contributed by atoms with van der Waals surface area (Å²) in [6.07, 6.45) is -9.31. The van der Waals surface area contributed by atoms with E-state index in [1.54, 1.807) is 6.07 Å². The SMILES string of the molecule is CCOC(=O)/C=C/c1ccc(Sc2ccccc2OC)c(C(F)(F)F)c1C(F)(F)F. The second-order valence-electron chi connectivity index (χ2n) is 5.74. The van der Waals surface area contributed by atoms with Crippen LogP contribution in [0.3, 0.4) is 0 Å². The fraction of sp³-hybridized carbons (Fsp3) is 0.250. The minimum absolute atomic E-state index is 0.0302. The summed E-state index contributed by atoms with van der Waals surface area (Å²) in [6, 6.07) is 7.84. The molecule has 0 spiro atoms. The van der Waals surface area contributed by atoms with Crippen molar-refractivity contribution in [1.29, 1.82) is 0 Å². The van der Waals surface area contributed by atoms with Crippen LogP contribution in [0.25, 0.3) is 6.08 Å². The Hall–Kier alpha value is -2.62. The van der Waals surface area contributed by atoms with Gasteiger partial charge >= 0.3 is 18.3 Å². The van der Waals surface area contributed by atoms with Gasteiger partial charge in [0.1, 0.15) is 5.75 Å². The molecule has 0 radical (unpaired) electrons. The maximum atomic E-state index is 13.8. The molecule has 10 heteroatoms. The van der Waals surface area contributed by atoms with Crippen molar-refractivity contribution in [1.82, 2.24) is 0 Å². The van der Waals surface area contributed by atoms with E-state index in [1.165, 1.54) is 32.2 Å². The molecule has 162 valence electrons. The first-order chi connectivity index (χ1) is 14.0. The second-order valence-corrected chi connectivity index (χ2v) is 6.82. The number of rotatable bonds is 6. The first-order valence-electron chi connectivity index (χ1n) is 8.46. The van der Waals surface area contributed by atoms with E-state index in [9.17, 15) is 31.1 Å². The number of alkyl halides is 6. The molecule has 0 saturated carbocycles. The Labute approximate surface area is 172 Å². The molecule has 0 unspecified atom stereocenters. The number of hydrogen-bond donors (Lipinski definition) is 0. The van der Waals surface area contributed by atoms with Crippen molar-refractivity contribution in [2.24, 2.45) is 0 Å². The second kappa shape index (κ2) is 9.46. The molecule has 2 aromatic carbocycles. The normalized spacial score (nSPS) is 12.3. The Balaban J connectivity index is 2.69. The van der Waals surface area contributed by atoms with Crippen molar-refractivity contribution in [3.8, 4) is 5.75 Å². The molecule has 0 amide bonds. The fourth-order valence-corrected chi connectivity index (χ4v) is 3.67. The topological polar surface area (TPSA) is 35.5 Å². The molecule has 30 heavy (non-hydrogen) atoms. The number of ether oxygens (including phenoxy) is 2. The van der Waals surface area contributed by atoms with Gasteiger partial charge in [0.25, 0.3) is 0 Å². The molecule has 0 aliphatic rings. The van der Waals surface area contributed by atoms with E-state index in [0.717, 1.165) is 12.1 Å². The van der Waals surface area contributed by atoms with Crippen molar-refractivity contribution >= 4 is 23.8 Å². The van der Waals surface area contributed by atoms with Crippen molar-refractivity contribution in [3.05, 3.63) is 59.2 Å². The van der Waals surface area contributed by atoms with Crippen LogP contribution in [0.1, 0.15) is 23.6 Å². The van der Waals surface area contributed by atoms with Gasteiger partial charge in [-0.2, -0.15) is 26.3 Å². The first-order valence-corrected chi connectivity index (χ1v) is 9.27. The minimum Gasteiger partial charge on any atom is -0.496 e. The van der Waals surface area contributed by atoms with Crippen LogP contribution in [0.5, 0.6) is 5.75 Å². The van der Waals surface area contributed by atoms with Crippen LogP contribution in [0.2, 0.25) is 0 Å². The zero-order valence-electron chi connectivity index (χ0n) is 15.7. The van der Waals surface area contributed by atoms with Crippen molar-refractivity contribution in [3.63, 3.8) is 0 Å². The van der Waals surface area contributed by atoms with Gasteiger partial charge in [0.2, 0.25) is 0 Å². The van der Waals surface area contributed by atoms with Crippen LogP contribution in [0.15, 0.2) is 52.3 Å². The Morgan fingerprint density at radius 2 is 1.60 bits per heavy atom. The van der Waals surface area contributed by atoms with E-state index in [0.29, 0.717) is 23.9 Å². The van der Waals surface area contributed by atoms with Crippen molar-refractivity contribution < 1.29 is 40.6 Å². The van der Waals surface area contributed by atoms with Gasteiger partial charge in [0.15, 0.2) is 0 Å². The molecular formula is C20H16F6O3S. The lowest BCUT2D eigenvalue weighted by atomic mass is 9.99. The number of para-hydroxylation sites is 1. The number of carbonyl (C=O) groups is 1. The summed E-state index contributed by atoms with van der Waals surface area (Å²) in [5, 5.41) is 0. The predicted octanol–water partition coefficient (Wildman–Crippen LogP) is 6.46. The summed E-state index contributed by atoms with van der Waals surface area (Å²) in [6.45, 7) is 1.45. The summed E-state index contributed by atoms with van der Waals surface area (Å²) >= 11 is 0.503. The number of benzene rings is 2. The van der Waals surface area contributed by atoms with E-state index in [1.807, 2.05) is 0 Å². The number of carbonyl (C=O) groups excluding carboxylic acids is 1. The third kappa shape index (κ3) is 5.71. The molecule has 0 heterocycles. The molecule has 3 nitrogen and oxygen atoms in total. The Kier molecular flexibility index (Phi) is 7.46. The van der Waals surface area contributed by atoms with E-state index in [-0.39, 0.29) is 17.3 Å². The highest BCUT2D eigenvalue weighted by molar-refractivity contribution is 7.99. The third-order valence-corrected chi connectivity index (χ3v) is 4.86. The Bertz CT molecular complexity index is 935. The maximum absolute atomic E-state index is 13.8. The molecular weight excluding hydrogens is 434 g/mol. The average molecular weight is 450 g/mol. The molecule has 0 atom stereocenters. The number of hydrogen-bond acceptors (Lipinski definition) is 4. The standard InChI is InChI=1S/C20H16F6O3S/c1-3-29-16(27)11-9-12-8-10-15(30-14-7-5-4-6-13(14)28-2)18(20(24,25)26)17(12)19(21,22)23/h4-11H,3H2,1-2H3/b11-9+. The summed E-state index contributed by atoms with van der Waals surface area (Å²) in [4.78, 5) is 11.0. The number of halogens is 6. The third-order valence-electron chi connectivity index (χ3n) is 3.74. The van der Waals surface area contributed by atoms with Gasteiger partial charge in [-0.15, -0.1) is 0 Å². The zero-order chi connectivity index (χ0) is 22.5. The lowest BCUT2D eigenvalue weighted by Crippen LogP contribution is -2.19. The minimum atomic E-state index is -5.32. The van der Waals surface area contributed by atoms with Crippen LogP contribution >= 0.6 is 11.8 Å². The van der Waals surface area contributed by atoms with E-state index < -0.39 is 39.9 Å². The lowest BCUT2D eigenvalue weighted by molar-refractivity contribution is -0.163. The van der Waals surface area contributed by atoms with E-state index >= 15 is 0 Å². The summed E-state index contributed by atoms with van der Waals surface area (Å²) in [5.74, 6) is -0.748. The summed E-state index contributed by atoms with van der Waals surface area (Å²) in [7, 11) is 1.30. The molecule has 0 aliphatic heterocycles. The van der Waals surface area contributed by atoms with E-state index in [4.69, 9.17) is 4.74 Å². The van der Waals surface area contributed by atoms with Gasteiger partial charge in [0, 0.05) is 11.0 Å². The van der Waals surface area contributed by atoms with Gasteiger partial charge in [-0.05, 0) is 36.8 Å². The van der Waals surface area contributed by atoms with Crippen LogP contribution < -0.4 is 4.74 Å².